The minimum atomic E-state index is -0.642. The summed E-state index contributed by atoms with van der Waals surface area (Å²) < 4.78 is 2.22. The van der Waals surface area contributed by atoms with Gasteiger partial charge < -0.3 is 4.57 Å². The molecular weight excluding hydrogens is 514 g/mol. The minimum Gasteiger partial charge on any atom is -0.318 e. The quantitative estimate of drug-likeness (QED) is 0.158. The third-order valence-electron chi connectivity index (χ3n) is 8.15. The van der Waals surface area contributed by atoms with Gasteiger partial charge in [-0.1, -0.05) is 115 Å². The number of rotatable bonds is 6. The van der Waals surface area contributed by atoms with Gasteiger partial charge in [0.05, 0.1) is 12.0 Å². The lowest BCUT2D eigenvalue weighted by molar-refractivity contribution is 0.104. The van der Waals surface area contributed by atoms with Crippen molar-refractivity contribution >= 4 is 11.9 Å². The van der Waals surface area contributed by atoms with E-state index in [0.29, 0.717) is 12.0 Å². The van der Waals surface area contributed by atoms with Crippen LogP contribution in [-0.2, 0) is 12.0 Å². The zero-order chi connectivity index (χ0) is 28.5. The highest BCUT2D eigenvalue weighted by atomic mass is 16.1. The van der Waals surface area contributed by atoms with Gasteiger partial charge in [-0.25, -0.2) is 4.98 Å². The highest BCUT2D eigenvalue weighted by Crippen LogP contribution is 2.41. The SMILES string of the molecule is Cc1cc2c(cn1)C(=O)/C(=C/c1ccccc1-c1cn(C(c3ccccc3)(c3ccccc3)c3ccccc3)cn1)C2. The van der Waals surface area contributed by atoms with Crippen LogP contribution in [0.1, 0.15) is 43.9 Å². The number of aromatic nitrogens is 3. The molecule has 2 aromatic heterocycles. The maximum atomic E-state index is 13.2. The standard InChI is InChI=1S/C38H29N3O/c1-27-21-29-23-30(37(42)35(29)24-39-27)22-28-13-11-12-20-34(28)36-25-41(26-40-36)38(31-14-5-2-6-15-31,32-16-7-3-8-17-32)33-18-9-4-10-19-33/h2-22,24-26H,23H2,1H3/b30-22+. The number of fused-ring (bicyclic) bond motifs is 1. The zero-order valence-electron chi connectivity index (χ0n) is 23.3. The van der Waals surface area contributed by atoms with Gasteiger partial charge >= 0.3 is 0 Å². The van der Waals surface area contributed by atoms with Crippen molar-refractivity contribution in [1.82, 2.24) is 14.5 Å². The van der Waals surface area contributed by atoms with Gasteiger partial charge in [-0.2, -0.15) is 0 Å². The number of aryl methyl sites for hydroxylation is 1. The van der Waals surface area contributed by atoms with E-state index in [1.165, 1.54) is 0 Å². The van der Waals surface area contributed by atoms with Gasteiger partial charge in [0, 0.05) is 41.2 Å². The Balaban J connectivity index is 1.38. The molecule has 202 valence electrons. The van der Waals surface area contributed by atoms with Gasteiger partial charge in [0.15, 0.2) is 5.78 Å². The molecule has 0 spiro atoms. The molecule has 0 saturated carbocycles. The molecule has 42 heavy (non-hydrogen) atoms. The van der Waals surface area contributed by atoms with Crippen LogP contribution in [-0.4, -0.2) is 20.3 Å². The number of hydrogen-bond acceptors (Lipinski definition) is 3. The van der Waals surface area contributed by atoms with Crippen LogP contribution < -0.4 is 0 Å². The zero-order valence-corrected chi connectivity index (χ0v) is 23.3. The van der Waals surface area contributed by atoms with E-state index in [2.05, 4.69) is 101 Å². The molecule has 4 aromatic carbocycles. The van der Waals surface area contributed by atoms with Gasteiger partial charge in [0.25, 0.3) is 0 Å². The molecule has 6 aromatic rings. The maximum absolute atomic E-state index is 13.2. The molecule has 0 fully saturated rings. The molecule has 4 heteroatoms. The van der Waals surface area contributed by atoms with Gasteiger partial charge in [-0.05, 0) is 46.9 Å². The van der Waals surface area contributed by atoms with Crippen molar-refractivity contribution in [3.8, 4) is 11.3 Å². The number of ketones is 1. The van der Waals surface area contributed by atoms with Gasteiger partial charge in [-0.15, -0.1) is 0 Å². The summed E-state index contributed by atoms with van der Waals surface area (Å²) in [7, 11) is 0. The van der Waals surface area contributed by atoms with E-state index in [-0.39, 0.29) is 5.78 Å². The number of Topliss-reactive ketones (excluding diaryl/α,β-unsaturated/α-hetero) is 1. The minimum absolute atomic E-state index is 0.0501. The molecule has 7 rings (SSSR count). The maximum Gasteiger partial charge on any atom is 0.191 e. The van der Waals surface area contributed by atoms with E-state index in [9.17, 15) is 4.79 Å². The van der Waals surface area contributed by atoms with E-state index >= 15 is 0 Å². The second-order valence-corrected chi connectivity index (χ2v) is 10.7. The predicted octanol–water partition coefficient (Wildman–Crippen LogP) is 7.92. The summed E-state index contributed by atoms with van der Waals surface area (Å²) in [5, 5.41) is 0. The predicted molar refractivity (Wildman–Crippen MR) is 167 cm³/mol. The summed E-state index contributed by atoms with van der Waals surface area (Å²) in [5.74, 6) is 0.0501. The van der Waals surface area contributed by atoms with Crippen LogP contribution in [0.15, 0.2) is 146 Å². The lowest BCUT2D eigenvalue weighted by atomic mass is 9.77. The second-order valence-electron chi connectivity index (χ2n) is 10.7. The fourth-order valence-electron chi connectivity index (χ4n) is 6.22. The van der Waals surface area contributed by atoms with Crippen LogP contribution in [0.3, 0.4) is 0 Å². The molecule has 1 aliphatic carbocycles. The fourth-order valence-corrected chi connectivity index (χ4v) is 6.22. The van der Waals surface area contributed by atoms with Crippen molar-refractivity contribution in [3.05, 3.63) is 185 Å². The Morgan fingerprint density at radius 2 is 1.29 bits per heavy atom. The molecule has 0 atom stereocenters. The second kappa shape index (κ2) is 10.6. The first-order valence-corrected chi connectivity index (χ1v) is 14.2. The molecular formula is C38H29N3O. The monoisotopic (exact) mass is 543 g/mol. The van der Waals surface area contributed by atoms with Crippen molar-refractivity contribution in [2.75, 3.05) is 0 Å². The first-order valence-electron chi connectivity index (χ1n) is 14.2. The summed E-state index contributed by atoms with van der Waals surface area (Å²) in [6.45, 7) is 1.96. The highest BCUT2D eigenvalue weighted by molar-refractivity contribution is 6.15. The Kier molecular flexibility index (Phi) is 6.44. The van der Waals surface area contributed by atoms with E-state index < -0.39 is 5.54 Å². The average Bonchev–Trinajstić information content (AvgIpc) is 3.64. The van der Waals surface area contributed by atoms with E-state index in [4.69, 9.17) is 4.98 Å². The van der Waals surface area contributed by atoms with Crippen molar-refractivity contribution in [2.45, 2.75) is 18.9 Å². The Morgan fingerprint density at radius 3 is 1.90 bits per heavy atom. The Bertz CT molecular complexity index is 1830. The van der Waals surface area contributed by atoms with Gasteiger partial charge in [0.2, 0.25) is 0 Å². The number of nitrogens with zero attached hydrogens (tertiary/aromatic N) is 3. The summed E-state index contributed by atoms with van der Waals surface area (Å²) in [4.78, 5) is 22.6. The molecule has 2 heterocycles. The van der Waals surface area contributed by atoms with Crippen LogP contribution in [0.5, 0.6) is 0 Å². The van der Waals surface area contributed by atoms with E-state index in [0.717, 1.165) is 50.3 Å². The Labute approximate surface area is 245 Å². The summed E-state index contributed by atoms with van der Waals surface area (Å²) in [6, 6.07) is 41.9. The van der Waals surface area contributed by atoms with Crippen LogP contribution >= 0.6 is 0 Å². The van der Waals surface area contributed by atoms with Crippen LogP contribution in [0.4, 0.5) is 0 Å². The molecule has 0 saturated heterocycles. The molecule has 0 radical (unpaired) electrons. The first-order chi connectivity index (χ1) is 20.6. The van der Waals surface area contributed by atoms with Gasteiger partial charge in [-0.3, -0.25) is 9.78 Å². The topological polar surface area (TPSA) is 47.8 Å². The molecule has 0 aliphatic heterocycles. The van der Waals surface area contributed by atoms with Crippen molar-refractivity contribution in [2.24, 2.45) is 0 Å². The normalized spacial score (nSPS) is 13.8. The third kappa shape index (κ3) is 4.29. The Morgan fingerprint density at radius 1 is 0.714 bits per heavy atom. The first kappa shape index (κ1) is 25.6. The average molecular weight is 544 g/mol. The number of pyridine rings is 1. The van der Waals surface area contributed by atoms with E-state index in [1.807, 2.05) is 55.7 Å². The van der Waals surface area contributed by atoms with E-state index in [1.54, 1.807) is 6.20 Å². The number of allylic oxidation sites excluding steroid dienone is 1. The van der Waals surface area contributed by atoms with Crippen LogP contribution in [0, 0.1) is 6.92 Å². The van der Waals surface area contributed by atoms with Crippen LogP contribution in [0.2, 0.25) is 0 Å². The third-order valence-corrected chi connectivity index (χ3v) is 8.15. The Hall–Kier alpha value is -5.35. The molecule has 0 amide bonds. The lowest BCUT2D eigenvalue weighted by Crippen LogP contribution is -2.36. The number of benzene rings is 4. The smallest absolute Gasteiger partial charge is 0.191 e. The number of carbonyl (C=O) groups excluding carboxylic acids is 1. The summed E-state index contributed by atoms with van der Waals surface area (Å²) >= 11 is 0. The van der Waals surface area contributed by atoms with Crippen LogP contribution in [0.25, 0.3) is 17.3 Å². The fraction of sp³-hybridized carbons (Fsp3) is 0.0789. The lowest BCUT2D eigenvalue weighted by Gasteiger charge is -2.37. The number of imidazole rings is 1. The highest BCUT2D eigenvalue weighted by Gasteiger charge is 2.38. The number of carbonyl (C=O) groups is 1. The van der Waals surface area contributed by atoms with Crippen molar-refractivity contribution < 1.29 is 4.79 Å². The summed E-state index contributed by atoms with van der Waals surface area (Å²) in [5.41, 5.74) is 9.00. The molecule has 0 N–H and O–H groups in total. The van der Waals surface area contributed by atoms with Crippen molar-refractivity contribution in [3.63, 3.8) is 0 Å². The molecule has 4 nitrogen and oxygen atoms in total. The van der Waals surface area contributed by atoms with Gasteiger partial charge in [0.1, 0.15) is 5.54 Å². The number of hydrogen-bond donors (Lipinski definition) is 0. The molecule has 1 aliphatic rings. The van der Waals surface area contributed by atoms with Crippen molar-refractivity contribution in [1.29, 1.82) is 0 Å². The molecule has 0 unspecified atom stereocenters. The largest absolute Gasteiger partial charge is 0.318 e. The molecule has 0 bridgehead atoms. The summed E-state index contributed by atoms with van der Waals surface area (Å²) in [6.07, 6.45) is 8.39.